The molecule has 2 aromatic rings. The number of aromatic nitrogens is 6. The number of nitrogens with zero attached hydrogens (tertiary/aromatic N) is 6. The molecular formula is C44H80N6O15. The highest BCUT2D eigenvalue weighted by Gasteiger charge is 2.50. The second-order valence-corrected chi connectivity index (χ2v) is 18.6. The van der Waals surface area contributed by atoms with Crippen molar-refractivity contribution in [1.82, 2.24) is 30.0 Å². The summed E-state index contributed by atoms with van der Waals surface area (Å²) in [5.41, 5.74) is -0.330. The van der Waals surface area contributed by atoms with E-state index in [0.29, 0.717) is 37.8 Å². The van der Waals surface area contributed by atoms with E-state index in [1.54, 1.807) is 12.4 Å². The Morgan fingerprint density at radius 3 is 1.28 bits per heavy atom. The molecule has 4 heterocycles. The molecule has 12 atom stereocenters. The van der Waals surface area contributed by atoms with Gasteiger partial charge >= 0.3 is 0 Å². The van der Waals surface area contributed by atoms with Gasteiger partial charge < -0.3 is 74.0 Å². The Bertz CT molecular complexity index is 1450. The van der Waals surface area contributed by atoms with Gasteiger partial charge in [-0.2, -0.15) is 0 Å². The number of hydrogen-bond acceptors (Lipinski definition) is 19. The maximum Gasteiger partial charge on any atom is 0.189 e. The molecule has 2 fully saturated rings. The maximum absolute atomic E-state index is 10.8. The predicted octanol–water partition coefficient (Wildman–Crippen LogP) is 0.986. The van der Waals surface area contributed by atoms with Crippen LogP contribution in [0.3, 0.4) is 0 Å². The van der Waals surface area contributed by atoms with Crippen LogP contribution in [0.2, 0.25) is 0 Å². The minimum atomic E-state index is -1.80. The van der Waals surface area contributed by atoms with Crippen LogP contribution in [-0.2, 0) is 59.5 Å². The van der Waals surface area contributed by atoms with Crippen LogP contribution in [0.15, 0.2) is 12.4 Å². The van der Waals surface area contributed by atoms with E-state index in [1.807, 2.05) is 13.8 Å². The van der Waals surface area contributed by atoms with Gasteiger partial charge in [-0.05, 0) is 12.8 Å². The first kappa shape index (κ1) is 55.3. The highest BCUT2D eigenvalue weighted by Crippen LogP contribution is 2.29. The molecule has 2 aliphatic heterocycles. The molecule has 2 saturated heterocycles. The average Bonchev–Trinajstić information content (AvgIpc) is 3.95. The molecular weight excluding hydrogens is 853 g/mol. The Morgan fingerprint density at radius 1 is 0.523 bits per heavy atom. The predicted molar refractivity (Wildman–Crippen MR) is 233 cm³/mol. The van der Waals surface area contributed by atoms with E-state index < -0.39 is 72.2 Å². The van der Waals surface area contributed by atoms with Crippen molar-refractivity contribution in [1.29, 1.82) is 0 Å². The van der Waals surface area contributed by atoms with Crippen LogP contribution >= 0.6 is 0 Å². The lowest BCUT2D eigenvalue weighted by molar-refractivity contribution is -0.375. The molecule has 21 heteroatoms. The van der Waals surface area contributed by atoms with Crippen LogP contribution in [0.5, 0.6) is 0 Å². The van der Waals surface area contributed by atoms with Crippen LogP contribution < -0.4 is 0 Å². The summed E-state index contributed by atoms with van der Waals surface area (Å²) < 4.78 is 43.6. The van der Waals surface area contributed by atoms with Gasteiger partial charge in [0.15, 0.2) is 12.6 Å². The van der Waals surface area contributed by atoms with Gasteiger partial charge in [-0.25, -0.2) is 9.36 Å². The lowest BCUT2D eigenvalue weighted by atomic mass is 9.94. The maximum atomic E-state index is 10.8. The fourth-order valence-corrected chi connectivity index (χ4v) is 7.52. The molecule has 21 nitrogen and oxygen atoms in total. The standard InChI is InChI=1S/C44H80N6O15/c1-5-7-9-11-13-15-17-59-27-43(3,25-51)29-61-23-31-19-49(47-45-31)21-33-35(53)37(55)39(57)41(63-33)65-42-40(58)38(56)36(54)34(64-42)22-50-20-32(46-48-50)24-62-30-44(4,26-52)28-60-18-16-14-12-10-8-6-2/h19-20,33-42,51-58H,5-18,21-30H2,1-4H3/t33?,34?,35-,36-,37+,38?,39?,40?,41-,42-,43?,44?/m1/s1. The number of unbranched alkanes of at least 4 members (excludes halogenated alkanes) is 10. The summed E-state index contributed by atoms with van der Waals surface area (Å²) in [5.74, 6) is 0. The van der Waals surface area contributed by atoms with Crippen molar-refractivity contribution in [2.24, 2.45) is 10.8 Å². The molecule has 0 aliphatic carbocycles. The number of aliphatic hydroxyl groups excluding tert-OH is 8. The van der Waals surface area contributed by atoms with Crippen LogP contribution in [0.4, 0.5) is 0 Å². The first-order chi connectivity index (χ1) is 31.2. The monoisotopic (exact) mass is 933 g/mol. The quantitative estimate of drug-likeness (QED) is 0.0454. The summed E-state index contributed by atoms with van der Waals surface area (Å²) in [4.78, 5) is 0. The van der Waals surface area contributed by atoms with E-state index >= 15 is 0 Å². The van der Waals surface area contributed by atoms with E-state index in [2.05, 4.69) is 34.5 Å². The molecule has 0 aromatic carbocycles. The zero-order chi connectivity index (χ0) is 47.2. The Morgan fingerprint density at radius 2 is 0.892 bits per heavy atom. The van der Waals surface area contributed by atoms with Gasteiger partial charge in [-0.1, -0.05) is 102 Å². The van der Waals surface area contributed by atoms with Gasteiger partial charge in [0.25, 0.3) is 0 Å². The number of ether oxygens (including phenoxy) is 7. The average molecular weight is 933 g/mol. The summed E-state index contributed by atoms with van der Waals surface area (Å²) >= 11 is 0. The van der Waals surface area contributed by atoms with Crippen molar-refractivity contribution in [2.75, 3.05) is 52.9 Å². The molecule has 0 radical (unpaired) electrons. The molecule has 7 unspecified atom stereocenters. The van der Waals surface area contributed by atoms with Crippen LogP contribution in [0, 0.1) is 10.8 Å². The van der Waals surface area contributed by atoms with Gasteiger partial charge in [0.2, 0.25) is 0 Å². The highest BCUT2D eigenvalue weighted by molar-refractivity contribution is 4.96. The van der Waals surface area contributed by atoms with Crippen LogP contribution in [0.25, 0.3) is 0 Å². The van der Waals surface area contributed by atoms with Crippen molar-refractivity contribution < 1.29 is 74.0 Å². The smallest absolute Gasteiger partial charge is 0.189 e. The molecule has 2 aromatic heterocycles. The number of aliphatic hydroxyl groups is 8. The minimum Gasteiger partial charge on any atom is -0.396 e. The minimum absolute atomic E-state index is 0.0729. The normalized spacial score (nSPS) is 28.1. The Kier molecular flexibility index (Phi) is 24.6. The van der Waals surface area contributed by atoms with E-state index in [9.17, 15) is 40.9 Å². The third-order valence-electron chi connectivity index (χ3n) is 11.9. The summed E-state index contributed by atoms with van der Waals surface area (Å²) in [7, 11) is 0. The molecule has 4 rings (SSSR count). The Labute approximate surface area is 383 Å². The summed E-state index contributed by atoms with van der Waals surface area (Å²) in [6.45, 7) is 10.1. The van der Waals surface area contributed by atoms with Gasteiger partial charge in [0, 0.05) is 24.0 Å². The SMILES string of the molecule is CCCCCCCCOCC(C)(CO)COCc1cn(CC2O[C@H](O[C@H]3OC(Cn4cc(COCC(C)(CO)COCCCCCCCC)nn4)[C@@H](O)[C@H](O)C3O)C(O)C(O)[C@@H]2O)nn1. The van der Waals surface area contributed by atoms with Crippen LogP contribution in [0.1, 0.15) is 116 Å². The number of rotatable bonds is 34. The van der Waals surface area contributed by atoms with Crippen molar-refractivity contribution in [2.45, 2.75) is 192 Å². The number of hydrogen-bond donors (Lipinski definition) is 8. The van der Waals surface area contributed by atoms with Crippen LogP contribution in [-0.4, -0.2) is 185 Å². The van der Waals surface area contributed by atoms with Crippen molar-refractivity contribution in [3.8, 4) is 0 Å². The zero-order valence-electron chi connectivity index (χ0n) is 39.0. The van der Waals surface area contributed by atoms with Gasteiger partial charge in [-0.3, -0.25) is 0 Å². The van der Waals surface area contributed by atoms with E-state index in [-0.39, 0.29) is 52.7 Å². The largest absolute Gasteiger partial charge is 0.396 e. The molecule has 65 heavy (non-hydrogen) atoms. The van der Waals surface area contributed by atoms with E-state index in [0.717, 1.165) is 25.7 Å². The van der Waals surface area contributed by atoms with E-state index in [4.69, 9.17) is 33.2 Å². The molecule has 0 amide bonds. The Balaban J connectivity index is 1.23. The van der Waals surface area contributed by atoms with Gasteiger partial charge in [-0.15, -0.1) is 10.2 Å². The Hall–Kier alpha value is -2.32. The van der Waals surface area contributed by atoms with Gasteiger partial charge in [0.1, 0.15) is 60.2 Å². The first-order valence-corrected chi connectivity index (χ1v) is 23.6. The molecule has 8 N–H and O–H groups in total. The second-order valence-electron chi connectivity index (χ2n) is 18.6. The third-order valence-corrected chi connectivity index (χ3v) is 11.9. The second kappa shape index (κ2) is 28.9. The van der Waals surface area contributed by atoms with E-state index in [1.165, 1.54) is 60.7 Å². The molecule has 2 aliphatic rings. The lowest BCUT2D eigenvalue weighted by Crippen LogP contribution is -2.63. The summed E-state index contributed by atoms with van der Waals surface area (Å²) in [6, 6.07) is 0. The van der Waals surface area contributed by atoms with Gasteiger partial charge in [0.05, 0.1) is 78.3 Å². The first-order valence-electron chi connectivity index (χ1n) is 23.6. The topological polar surface area (TPSA) is 288 Å². The van der Waals surface area contributed by atoms with Crippen molar-refractivity contribution in [3.05, 3.63) is 23.8 Å². The summed E-state index contributed by atoms with van der Waals surface area (Å²) in [5, 5.41) is 101. The lowest BCUT2D eigenvalue weighted by Gasteiger charge is -2.45. The highest BCUT2D eigenvalue weighted by atomic mass is 16.8. The molecule has 0 bridgehead atoms. The molecule has 0 spiro atoms. The fraction of sp³-hybridized carbons (Fsp3) is 0.909. The summed E-state index contributed by atoms with van der Waals surface area (Å²) in [6.07, 6.45) is 1.05. The molecule has 376 valence electrons. The van der Waals surface area contributed by atoms with Crippen molar-refractivity contribution >= 4 is 0 Å². The molecule has 0 saturated carbocycles. The third kappa shape index (κ3) is 18.3. The van der Waals surface area contributed by atoms with Crippen molar-refractivity contribution in [3.63, 3.8) is 0 Å². The zero-order valence-corrected chi connectivity index (χ0v) is 39.0. The fourth-order valence-electron chi connectivity index (χ4n) is 7.52.